The molecule has 0 aromatic carbocycles. The Labute approximate surface area is 109 Å². The molecule has 96 valence electrons. The highest BCUT2D eigenvalue weighted by Gasteiger charge is 2.17. The molecule has 17 heavy (non-hydrogen) atoms. The van der Waals surface area contributed by atoms with E-state index in [0.29, 0.717) is 5.15 Å². The summed E-state index contributed by atoms with van der Waals surface area (Å²) in [4.78, 5) is 8.17. The fourth-order valence-electron chi connectivity index (χ4n) is 1.70. The summed E-state index contributed by atoms with van der Waals surface area (Å²) in [5.74, 6) is 0.751. The average molecular weight is 256 g/mol. The summed E-state index contributed by atoms with van der Waals surface area (Å²) in [6.45, 7) is 7.67. The molecule has 0 bridgehead atoms. The number of anilines is 1. The van der Waals surface area contributed by atoms with Crippen LogP contribution in [0.15, 0.2) is 12.4 Å². The summed E-state index contributed by atoms with van der Waals surface area (Å²) in [6.07, 6.45) is 8.32. The smallest absolute Gasteiger partial charge is 0.149 e. The van der Waals surface area contributed by atoms with Crippen molar-refractivity contribution in [2.45, 2.75) is 46.5 Å². The Bertz CT molecular complexity index is 339. The second-order valence-corrected chi connectivity index (χ2v) is 5.59. The van der Waals surface area contributed by atoms with Crippen molar-refractivity contribution in [1.82, 2.24) is 9.97 Å². The first kappa shape index (κ1) is 14.2. The standard InChI is InChI=1S/C13H22ClN3/c1-4-5-6-7-13(2,3)10-16-12-9-15-8-11(14)17-12/h8-9H,4-7,10H2,1-3H3,(H,16,17). The third kappa shape index (κ3) is 5.87. The maximum Gasteiger partial charge on any atom is 0.149 e. The highest BCUT2D eigenvalue weighted by molar-refractivity contribution is 6.29. The van der Waals surface area contributed by atoms with Gasteiger partial charge in [-0.15, -0.1) is 0 Å². The van der Waals surface area contributed by atoms with Crippen LogP contribution in [0.1, 0.15) is 46.5 Å². The Kier molecular flexibility index (Phi) is 5.69. The molecule has 0 fully saturated rings. The zero-order valence-electron chi connectivity index (χ0n) is 11.0. The van der Waals surface area contributed by atoms with E-state index in [1.54, 1.807) is 12.4 Å². The van der Waals surface area contributed by atoms with E-state index in [1.165, 1.54) is 25.7 Å². The number of nitrogens with zero attached hydrogens (tertiary/aromatic N) is 2. The SMILES string of the molecule is CCCCCC(C)(C)CNc1cncc(Cl)n1. The van der Waals surface area contributed by atoms with Crippen LogP contribution < -0.4 is 5.32 Å². The van der Waals surface area contributed by atoms with E-state index in [1.807, 2.05) is 0 Å². The number of hydrogen-bond acceptors (Lipinski definition) is 3. The maximum absolute atomic E-state index is 5.78. The lowest BCUT2D eigenvalue weighted by molar-refractivity contribution is 0.342. The first-order valence-electron chi connectivity index (χ1n) is 6.25. The fraction of sp³-hybridized carbons (Fsp3) is 0.692. The second kappa shape index (κ2) is 6.80. The van der Waals surface area contributed by atoms with Crippen molar-refractivity contribution in [3.63, 3.8) is 0 Å². The molecule has 0 radical (unpaired) electrons. The first-order valence-corrected chi connectivity index (χ1v) is 6.63. The van der Waals surface area contributed by atoms with Crippen LogP contribution in [0.2, 0.25) is 5.15 Å². The van der Waals surface area contributed by atoms with Crippen LogP contribution >= 0.6 is 11.6 Å². The Morgan fingerprint density at radius 1 is 1.29 bits per heavy atom. The Hall–Kier alpha value is -0.830. The maximum atomic E-state index is 5.78. The van der Waals surface area contributed by atoms with Gasteiger partial charge in [0, 0.05) is 6.54 Å². The van der Waals surface area contributed by atoms with Crippen LogP contribution in [0.5, 0.6) is 0 Å². The second-order valence-electron chi connectivity index (χ2n) is 5.20. The topological polar surface area (TPSA) is 37.8 Å². The molecule has 1 aromatic heterocycles. The van der Waals surface area contributed by atoms with Gasteiger partial charge in [-0.2, -0.15) is 0 Å². The van der Waals surface area contributed by atoms with Crippen LogP contribution in [0.4, 0.5) is 5.82 Å². The molecule has 4 heteroatoms. The van der Waals surface area contributed by atoms with E-state index in [-0.39, 0.29) is 5.41 Å². The molecule has 1 aromatic rings. The first-order chi connectivity index (χ1) is 8.03. The lowest BCUT2D eigenvalue weighted by atomic mass is 9.87. The normalized spacial score (nSPS) is 11.5. The minimum absolute atomic E-state index is 0.277. The minimum Gasteiger partial charge on any atom is -0.368 e. The Morgan fingerprint density at radius 2 is 2.06 bits per heavy atom. The van der Waals surface area contributed by atoms with E-state index >= 15 is 0 Å². The van der Waals surface area contributed by atoms with Crippen molar-refractivity contribution in [3.8, 4) is 0 Å². The number of hydrogen-bond donors (Lipinski definition) is 1. The zero-order chi connectivity index (χ0) is 12.7. The number of rotatable bonds is 7. The average Bonchev–Trinajstić information content (AvgIpc) is 2.27. The third-order valence-corrected chi connectivity index (χ3v) is 2.99. The van der Waals surface area contributed by atoms with Gasteiger partial charge >= 0.3 is 0 Å². The van der Waals surface area contributed by atoms with Gasteiger partial charge in [0.15, 0.2) is 0 Å². The van der Waals surface area contributed by atoms with Crippen molar-refractivity contribution in [1.29, 1.82) is 0 Å². The van der Waals surface area contributed by atoms with Gasteiger partial charge in [-0.1, -0.05) is 51.6 Å². The zero-order valence-corrected chi connectivity index (χ0v) is 11.7. The molecule has 0 saturated heterocycles. The molecule has 0 unspecified atom stereocenters. The predicted molar refractivity (Wildman–Crippen MR) is 73.5 cm³/mol. The van der Waals surface area contributed by atoms with E-state index in [2.05, 4.69) is 36.1 Å². The minimum atomic E-state index is 0.277. The van der Waals surface area contributed by atoms with Crippen molar-refractivity contribution in [2.75, 3.05) is 11.9 Å². The number of halogens is 1. The number of aromatic nitrogens is 2. The highest BCUT2D eigenvalue weighted by Crippen LogP contribution is 2.24. The van der Waals surface area contributed by atoms with Gasteiger partial charge in [0.1, 0.15) is 11.0 Å². The molecular formula is C13H22ClN3. The summed E-state index contributed by atoms with van der Waals surface area (Å²) in [6, 6.07) is 0. The van der Waals surface area contributed by atoms with Gasteiger partial charge in [0.05, 0.1) is 12.4 Å². The van der Waals surface area contributed by atoms with E-state index < -0.39 is 0 Å². The van der Waals surface area contributed by atoms with Crippen LogP contribution in [0.25, 0.3) is 0 Å². The van der Waals surface area contributed by atoms with Crippen molar-refractivity contribution >= 4 is 17.4 Å². The third-order valence-electron chi connectivity index (χ3n) is 2.81. The fourth-order valence-corrected chi connectivity index (χ4v) is 1.85. The van der Waals surface area contributed by atoms with Gasteiger partial charge < -0.3 is 5.32 Å². The van der Waals surface area contributed by atoms with Crippen LogP contribution in [0.3, 0.4) is 0 Å². The molecule has 0 aliphatic carbocycles. The lowest BCUT2D eigenvalue weighted by Crippen LogP contribution is -2.23. The van der Waals surface area contributed by atoms with Crippen LogP contribution in [-0.2, 0) is 0 Å². The molecule has 0 saturated carbocycles. The van der Waals surface area contributed by atoms with Gasteiger partial charge in [-0.05, 0) is 11.8 Å². The molecule has 1 N–H and O–H groups in total. The predicted octanol–water partition coefficient (Wildman–Crippen LogP) is 4.15. The molecular weight excluding hydrogens is 234 g/mol. The highest BCUT2D eigenvalue weighted by atomic mass is 35.5. The summed E-state index contributed by atoms with van der Waals surface area (Å²) in [5.41, 5.74) is 0.277. The van der Waals surface area contributed by atoms with E-state index in [9.17, 15) is 0 Å². The molecule has 0 aliphatic rings. The number of nitrogens with one attached hydrogen (secondary N) is 1. The largest absolute Gasteiger partial charge is 0.368 e. The molecule has 3 nitrogen and oxygen atoms in total. The summed E-state index contributed by atoms with van der Waals surface area (Å²) < 4.78 is 0. The molecule has 0 aliphatic heterocycles. The molecule has 0 atom stereocenters. The van der Waals surface area contributed by atoms with Gasteiger partial charge in [-0.25, -0.2) is 4.98 Å². The summed E-state index contributed by atoms with van der Waals surface area (Å²) in [5, 5.41) is 3.72. The quantitative estimate of drug-likeness (QED) is 0.744. The monoisotopic (exact) mass is 255 g/mol. The molecule has 1 rings (SSSR count). The number of unbranched alkanes of at least 4 members (excludes halogenated alkanes) is 2. The van der Waals surface area contributed by atoms with E-state index in [4.69, 9.17) is 11.6 Å². The van der Waals surface area contributed by atoms with Crippen molar-refractivity contribution in [3.05, 3.63) is 17.5 Å². The van der Waals surface area contributed by atoms with Crippen molar-refractivity contribution in [2.24, 2.45) is 5.41 Å². The van der Waals surface area contributed by atoms with Crippen molar-refractivity contribution < 1.29 is 0 Å². The summed E-state index contributed by atoms with van der Waals surface area (Å²) >= 11 is 5.78. The Morgan fingerprint density at radius 3 is 2.71 bits per heavy atom. The van der Waals surface area contributed by atoms with E-state index in [0.717, 1.165) is 12.4 Å². The summed E-state index contributed by atoms with van der Waals surface area (Å²) in [7, 11) is 0. The molecule has 0 amide bonds. The van der Waals surface area contributed by atoms with Gasteiger partial charge in [0.25, 0.3) is 0 Å². The van der Waals surface area contributed by atoms with Gasteiger partial charge in [-0.3, -0.25) is 4.98 Å². The lowest BCUT2D eigenvalue weighted by Gasteiger charge is -2.25. The Balaban J connectivity index is 2.38. The van der Waals surface area contributed by atoms with Crippen LogP contribution in [0, 0.1) is 5.41 Å². The van der Waals surface area contributed by atoms with Crippen LogP contribution in [-0.4, -0.2) is 16.5 Å². The molecule has 0 spiro atoms. The molecule has 1 heterocycles. The van der Waals surface area contributed by atoms with Gasteiger partial charge in [0.2, 0.25) is 0 Å².